The summed E-state index contributed by atoms with van der Waals surface area (Å²) in [7, 11) is 0. The van der Waals surface area contributed by atoms with Crippen LogP contribution in [0.1, 0.15) is 0 Å². The molecule has 1 unspecified atom stereocenters. The summed E-state index contributed by atoms with van der Waals surface area (Å²) in [6.07, 6.45) is 0. The topological polar surface area (TPSA) is 92.4 Å². The van der Waals surface area contributed by atoms with E-state index in [9.17, 15) is 9.59 Å². The highest BCUT2D eigenvalue weighted by Gasteiger charge is 2.14. The van der Waals surface area contributed by atoms with E-state index >= 15 is 0 Å². The number of halogens is 3. The molecule has 0 radical (unpaired) electrons. The normalized spacial score (nSPS) is 12.0. The summed E-state index contributed by atoms with van der Waals surface area (Å²) in [5, 5.41) is 11.4. The molecule has 5 nitrogen and oxygen atoms in total. The number of amides is 1. The summed E-state index contributed by atoms with van der Waals surface area (Å²) in [6, 6.07) is 2.67. The zero-order chi connectivity index (χ0) is 15.3. The lowest BCUT2D eigenvalue weighted by atomic mass is 10.3. The smallest absolute Gasteiger partial charge is 0.321 e. The van der Waals surface area contributed by atoms with Crippen LogP contribution in [0.15, 0.2) is 25.6 Å². The van der Waals surface area contributed by atoms with E-state index in [1.807, 2.05) is 12.1 Å². The Balaban J connectivity index is 2.53. The van der Waals surface area contributed by atoms with Gasteiger partial charge in [0.1, 0.15) is 6.04 Å². The Morgan fingerprint density at radius 1 is 1.30 bits per heavy atom. The highest BCUT2D eigenvalue weighted by atomic mass is 79.9. The molecular weight excluding hydrogens is 480 g/mol. The predicted octanol–water partition coefficient (Wildman–Crippen LogP) is 3.06. The fourth-order valence-electron chi connectivity index (χ4n) is 1.19. The Labute approximate surface area is 145 Å². The van der Waals surface area contributed by atoms with Crippen molar-refractivity contribution in [1.82, 2.24) is 0 Å². The van der Waals surface area contributed by atoms with Crippen LogP contribution in [-0.2, 0) is 9.59 Å². The standard InChI is InChI=1S/C11H11Br3N2O3S/c12-5-1-6(13)10(7(14)2-5)16-9(17)4-20-3-8(15)11(18)19/h1-2,8H,3-4,15H2,(H,16,17)(H,18,19). The fraction of sp³-hybridized carbons (Fsp3) is 0.273. The van der Waals surface area contributed by atoms with Crippen molar-refractivity contribution in [2.75, 3.05) is 16.8 Å². The number of aliphatic carboxylic acids is 1. The van der Waals surface area contributed by atoms with Crippen LogP contribution >= 0.6 is 59.6 Å². The number of benzene rings is 1. The van der Waals surface area contributed by atoms with Gasteiger partial charge < -0.3 is 16.2 Å². The number of carboxylic acids is 1. The molecule has 20 heavy (non-hydrogen) atoms. The molecule has 0 saturated carbocycles. The largest absolute Gasteiger partial charge is 0.480 e. The molecule has 0 heterocycles. The molecule has 0 aliphatic heterocycles. The molecule has 0 bridgehead atoms. The third kappa shape index (κ3) is 5.72. The minimum absolute atomic E-state index is 0.135. The predicted molar refractivity (Wildman–Crippen MR) is 91.1 cm³/mol. The molecule has 1 aromatic rings. The quantitative estimate of drug-likeness (QED) is 0.570. The van der Waals surface area contributed by atoms with Crippen molar-refractivity contribution in [3.05, 3.63) is 25.6 Å². The highest BCUT2D eigenvalue weighted by Crippen LogP contribution is 2.34. The second kappa shape index (κ2) is 8.38. The lowest BCUT2D eigenvalue weighted by Gasteiger charge is -2.11. The van der Waals surface area contributed by atoms with Crippen LogP contribution in [0.3, 0.4) is 0 Å². The van der Waals surface area contributed by atoms with Crippen LogP contribution in [-0.4, -0.2) is 34.5 Å². The maximum absolute atomic E-state index is 11.8. The van der Waals surface area contributed by atoms with Gasteiger partial charge in [0.2, 0.25) is 5.91 Å². The molecule has 1 rings (SSSR count). The Morgan fingerprint density at radius 2 is 1.85 bits per heavy atom. The Hall–Kier alpha value is -0.0900. The van der Waals surface area contributed by atoms with E-state index < -0.39 is 12.0 Å². The van der Waals surface area contributed by atoms with Gasteiger partial charge in [-0.05, 0) is 44.0 Å². The second-order valence-corrected chi connectivity index (χ2v) is 7.41. The molecule has 9 heteroatoms. The van der Waals surface area contributed by atoms with Crippen molar-refractivity contribution in [2.24, 2.45) is 5.73 Å². The number of hydrogen-bond acceptors (Lipinski definition) is 4. The van der Waals surface area contributed by atoms with Crippen LogP contribution in [0.2, 0.25) is 0 Å². The number of rotatable bonds is 6. The minimum Gasteiger partial charge on any atom is -0.480 e. The monoisotopic (exact) mass is 488 g/mol. The summed E-state index contributed by atoms with van der Waals surface area (Å²) in [6.45, 7) is 0. The third-order valence-corrected chi connectivity index (χ3v) is 4.89. The second-order valence-electron chi connectivity index (χ2n) is 3.75. The highest BCUT2D eigenvalue weighted by molar-refractivity contribution is 9.11. The zero-order valence-corrected chi connectivity index (χ0v) is 15.6. The lowest BCUT2D eigenvalue weighted by Crippen LogP contribution is -2.33. The third-order valence-electron chi connectivity index (χ3n) is 2.12. The van der Waals surface area contributed by atoms with Crippen molar-refractivity contribution >= 4 is 77.1 Å². The molecule has 1 atom stereocenters. The van der Waals surface area contributed by atoms with E-state index in [0.717, 1.165) is 13.4 Å². The van der Waals surface area contributed by atoms with Crippen LogP contribution in [0.4, 0.5) is 5.69 Å². The van der Waals surface area contributed by atoms with Gasteiger partial charge in [-0.15, -0.1) is 11.8 Å². The average Bonchev–Trinajstić information content (AvgIpc) is 2.33. The molecule has 0 spiro atoms. The Kier molecular flexibility index (Phi) is 7.52. The van der Waals surface area contributed by atoms with Crippen molar-refractivity contribution in [3.63, 3.8) is 0 Å². The molecule has 4 N–H and O–H groups in total. The first-order valence-corrected chi connectivity index (χ1v) is 8.85. The zero-order valence-electron chi connectivity index (χ0n) is 10.0. The van der Waals surface area contributed by atoms with Crippen LogP contribution in [0.25, 0.3) is 0 Å². The summed E-state index contributed by atoms with van der Waals surface area (Å²) in [5.41, 5.74) is 5.97. The average molecular weight is 491 g/mol. The van der Waals surface area contributed by atoms with Crippen molar-refractivity contribution in [3.8, 4) is 0 Å². The van der Waals surface area contributed by atoms with E-state index in [1.165, 1.54) is 11.8 Å². The van der Waals surface area contributed by atoms with Gasteiger partial charge in [-0.2, -0.15) is 0 Å². The van der Waals surface area contributed by atoms with Gasteiger partial charge in [0.05, 0.1) is 11.4 Å². The maximum Gasteiger partial charge on any atom is 0.321 e. The van der Waals surface area contributed by atoms with E-state index in [1.54, 1.807) is 0 Å². The van der Waals surface area contributed by atoms with Gasteiger partial charge in [-0.3, -0.25) is 9.59 Å². The molecule has 0 aliphatic rings. The van der Waals surface area contributed by atoms with E-state index in [-0.39, 0.29) is 17.4 Å². The number of carbonyl (C=O) groups is 2. The molecule has 1 aromatic carbocycles. The molecule has 0 aliphatic carbocycles. The van der Waals surface area contributed by atoms with Crippen LogP contribution in [0.5, 0.6) is 0 Å². The van der Waals surface area contributed by atoms with Gasteiger partial charge in [-0.1, -0.05) is 15.9 Å². The molecule has 0 aromatic heterocycles. The Bertz CT molecular complexity index is 505. The molecule has 0 saturated heterocycles. The lowest BCUT2D eigenvalue weighted by molar-refractivity contribution is -0.137. The van der Waals surface area contributed by atoms with Crippen molar-refractivity contribution in [2.45, 2.75) is 6.04 Å². The number of nitrogens with one attached hydrogen (secondary N) is 1. The van der Waals surface area contributed by atoms with Gasteiger partial charge in [0.15, 0.2) is 0 Å². The molecule has 110 valence electrons. The SMILES string of the molecule is NC(CSCC(=O)Nc1c(Br)cc(Br)cc1Br)C(=O)O. The van der Waals surface area contributed by atoms with E-state index in [2.05, 4.69) is 53.1 Å². The van der Waals surface area contributed by atoms with Gasteiger partial charge in [-0.25, -0.2) is 0 Å². The van der Waals surface area contributed by atoms with Crippen LogP contribution in [0, 0.1) is 0 Å². The van der Waals surface area contributed by atoms with Crippen molar-refractivity contribution < 1.29 is 14.7 Å². The fourth-order valence-corrected chi connectivity index (χ4v) is 4.42. The molecule has 1 amide bonds. The minimum atomic E-state index is -1.07. The summed E-state index contributed by atoms with van der Waals surface area (Å²) in [5.74, 6) is -0.978. The Morgan fingerprint density at radius 3 is 2.35 bits per heavy atom. The van der Waals surface area contributed by atoms with Gasteiger partial charge in [0.25, 0.3) is 0 Å². The number of thioether (sulfide) groups is 1. The first kappa shape index (κ1) is 18.0. The van der Waals surface area contributed by atoms with E-state index in [0.29, 0.717) is 5.69 Å². The first-order valence-electron chi connectivity index (χ1n) is 5.31. The first-order chi connectivity index (χ1) is 9.31. The number of anilines is 1. The van der Waals surface area contributed by atoms with E-state index in [4.69, 9.17) is 10.8 Å². The number of hydrogen-bond donors (Lipinski definition) is 3. The maximum atomic E-state index is 11.8. The summed E-state index contributed by atoms with van der Waals surface area (Å²) >= 11 is 11.2. The van der Waals surface area contributed by atoms with Crippen LogP contribution < -0.4 is 11.1 Å². The van der Waals surface area contributed by atoms with Gasteiger partial charge >= 0.3 is 5.97 Å². The molecular formula is C11H11Br3N2O3S. The number of carboxylic acid groups (broad SMARTS) is 1. The summed E-state index contributed by atoms with van der Waals surface area (Å²) < 4.78 is 2.34. The van der Waals surface area contributed by atoms with Gasteiger partial charge in [0, 0.05) is 19.2 Å². The number of carbonyl (C=O) groups excluding carboxylic acids is 1. The van der Waals surface area contributed by atoms with Crippen molar-refractivity contribution in [1.29, 1.82) is 0 Å². The number of nitrogens with two attached hydrogens (primary N) is 1. The summed E-state index contributed by atoms with van der Waals surface area (Å²) in [4.78, 5) is 22.3. The molecule has 0 fully saturated rings.